The number of anilines is 3. The van der Waals surface area contributed by atoms with Crippen LogP contribution in [0.2, 0.25) is 0 Å². The summed E-state index contributed by atoms with van der Waals surface area (Å²) in [6.45, 7) is 6.55. The number of rotatable bonds is 9. The number of pyridine rings is 2. The standard InChI is InChI=1S/C22H27FN6O2/c1-4-7-25-17-9-18(29-19-16(23)8-14(10-24)11-27-19)26-12-15(17)20(30)28-13-22(5-6-22)21(2,3)31/h8-9,11-12,31H,4-7,13H2,1-3H3,(H,28,30)(H2,25,26,27,29). The van der Waals surface area contributed by atoms with Crippen molar-refractivity contribution in [2.45, 2.75) is 45.6 Å². The van der Waals surface area contributed by atoms with Crippen LogP contribution in [0.1, 0.15) is 56.0 Å². The molecule has 164 valence electrons. The number of hydrogen-bond acceptors (Lipinski definition) is 7. The van der Waals surface area contributed by atoms with E-state index in [9.17, 15) is 14.3 Å². The van der Waals surface area contributed by atoms with Crippen molar-refractivity contribution < 1.29 is 14.3 Å². The van der Waals surface area contributed by atoms with Gasteiger partial charge in [-0.05, 0) is 39.2 Å². The topological polar surface area (TPSA) is 123 Å². The van der Waals surface area contributed by atoms with Gasteiger partial charge in [-0.1, -0.05) is 6.92 Å². The molecule has 31 heavy (non-hydrogen) atoms. The fourth-order valence-electron chi connectivity index (χ4n) is 3.32. The number of aromatic nitrogens is 2. The van der Waals surface area contributed by atoms with Crippen LogP contribution >= 0.6 is 0 Å². The van der Waals surface area contributed by atoms with Crippen molar-refractivity contribution in [3.63, 3.8) is 0 Å². The van der Waals surface area contributed by atoms with Crippen LogP contribution in [-0.4, -0.2) is 39.7 Å². The largest absolute Gasteiger partial charge is 0.390 e. The Morgan fingerprint density at radius 3 is 2.65 bits per heavy atom. The highest BCUT2D eigenvalue weighted by molar-refractivity contribution is 5.99. The highest BCUT2D eigenvalue weighted by Crippen LogP contribution is 2.53. The monoisotopic (exact) mass is 426 g/mol. The summed E-state index contributed by atoms with van der Waals surface area (Å²) in [4.78, 5) is 21.0. The van der Waals surface area contributed by atoms with E-state index in [2.05, 4.69) is 25.9 Å². The highest BCUT2D eigenvalue weighted by Gasteiger charge is 2.53. The van der Waals surface area contributed by atoms with Crippen molar-refractivity contribution >= 4 is 23.2 Å². The van der Waals surface area contributed by atoms with Crippen LogP contribution in [0.25, 0.3) is 0 Å². The van der Waals surface area contributed by atoms with E-state index >= 15 is 0 Å². The number of carbonyl (C=O) groups is 1. The number of aliphatic hydroxyl groups is 1. The molecule has 2 aromatic rings. The molecule has 0 unspecified atom stereocenters. The molecule has 0 aromatic carbocycles. The van der Waals surface area contributed by atoms with Gasteiger partial charge in [0, 0.05) is 37.0 Å². The Labute approximate surface area is 180 Å². The van der Waals surface area contributed by atoms with Gasteiger partial charge in [-0.25, -0.2) is 14.4 Å². The van der Waals surface area contributed by atoms with Crippen LogP contribution in [0.3, 0.4) is 0 Å². The molecule has 1 saturated carbocycles. The minimum atomic E-state index is -0.867. The third kappa shape index (κ3) is 5.09. The quantitative estimate of drug-likeness (QED) is 0.485. The summed E-state index contributed by atoms with van der Waals surface area (Å²) in [5.41, 5.74) is -0.133. The van der Waals surface area contributed by atoms with E-state index in [-0.39, 0.29) is 22.7 Å². The second kappa shape index (κ2) is 8.86. The Kier molecular flexibility index (Phi) is 6.41. The molecule has 2 heterocycles. The maximum absolute atomic E-state index is 14.1. The zero-order valence-electron chi connectivity index (χ0n) is 17.9. The Bertz CT molecular complexity index is 1010. The van der Waals surface area contributed by atoms with Crippen molar-refractivity contribution in [3.05, 3.63) is 41.5 Å². The van der Waals surface area contributed by atoms with Gasteiger partial charge in [-0.15, -0.1) is 0 Å². The number of halogens is 1. The Morgan fingerprint density at radius 2 is 2.06 bits per heavy atom. The predicted octanol–water partition coefficient (Wildman–Crippen LogP) is 3.33. The van der Waals surface area contributed by atoms with Gasteiger partial charge < -0.3 is 21.1 Å². The summed E-state index contributed by atoms with van der Waals surface area (Å²) in [6, 6.07) is 4.54. The van der Waals surface area contributed by atoms with E-state index in [4.69, 9.17) is 5.26 Å². The lowest BCUT2D eigenvalue weighted by Gasteiger charge is -2.29. The van der Waals surface area contributed by atoms with Crippen LogP contribution in [0.5, 0.6) is 0 Å². The minimum absolute atomic E-state index is 0.0639. The van der Waals surface area contributed by atoms with E-state index in [1.807, 2.05) is 13.0 Å². The molecule has 1 fully saturated rings. The molecule has 0 spiro atoms. The lowest BCUT2D eigenvalue weighted by atomic mass is 9.87. The van der Waals surface area contributed by atoms with Crippen LogP contribution in [0.15, 0.2) is 24.5 Å². The van der Waals surface area contributed by atoms with Gasteiger partial charge in [0.15, 0.2) is 11.6 Å². The lowest BCUT2D eigenvalue weighted by Crippen LogP contribution is -2.42. The molecule has 0 atom stereocenters. The molecule has 0 saturated heterocycles. The summed E-state index contributed by atoms with van der Waals surface area (Å²) in [6.07, 6.45) is 5.25. The van der Waals surface area contributed by atoms with Gasteiger partial charge in [0.05, 0.1) is 22.4 Å². The number of nitrogens with zero attached hydrogens (tertiary/aromatic N) is 3. The van der Waals surface area contributed by atoms with Gasteiger partial charge in [0.1, 0.15) is 11.9 Å². The Balaban J connectivity index is 1.78. The van der Waals surface area contributed by atoms with Crippen molar-refractivity contribution in [2.75, 3.05) is 23.7 Å². The summed E-state index contributed by atoms with van der Waals surface area (Å²) < 4.78 is 14.1. The second-order valence-electron chi connectivity index (χ2n) is 8.36. The second-order valence-corrected chi connectivity index (χ2v) is 8.36. The molecule has 2 aromatic heterocycles. The molecule has 8 nitrogen and oxygen atoms in total. The number of hydrogen-bond donors (Lipinski definition) is 4. The van der Waals surface area contributed by atoms with Crippen LogP contribution < -0.4 is 16.0 Å². The molecule has 9 heteroatoms. The smallest absolute Gasteiger partial charge is 0.254 e. The van der Waals surface area contributed by atoms with Gasteiger partial charge in [0.2, 0.25) is 0 Å². The van der Waals surface area contributed by atoms with E-state index < -0.39 is 11.4 Å². The first-order valence-electron chi connectivity index (χ1n) is 10.3. The third-order valence-electron chi connectivity index (χ3n) is 5.67. The van der Waals surface area contributed by atoms with Crippen LogP contribution in [0, 0.1) is 22.6 Å². The van der Waals surface area contributed by atoms with Gasteiger partial charge >= 0.3 is 0 Å². The fraction of sp³-hybridized carbons (Fsp3) is 0.455. The predicted molar refractivity (Wildman–Crippen MR) is 116 cm³/mol. The zero-order valence-corrected chi connectivity index (χ0v) is 17.9. The molecule has 4 N–H and O–H groups in total. The highest BCUT2D eigenvalue weighted by atomic mass is 19.1. The normalized spacial score (nSPS) is 14.5. The van der Waals surface area contributed by atoms with Crippen molar-refractivity contribution in [1.29, 1.82) is 5.26 Å². The molecule has 0 aliphatic heterocycles. The Hall–Kier alpha value is -3.25. The van der Waals surface area contributed by atoms with Gasteiger partial charge in [0.25, 0.3) is 5.91 Å². The average Bonchev–Trinajstić information content (AvgIpc) is 3.53. The van der Waals surface area contributed by atoms with Gasteiger partial charge in [-0.2, -0.15) is 5.26 Å². The van der Waals surface area contributed by atoms with Crippen molar-refractivity contribution in [3.8, 4) is 6.07 Å². The number of nitrogens with one attached hydrogen (secondary N) is 3. The van der Waals surface area contributed by atoms with E-state index in [0.717, 1.165) is 25.3 Å². The number of amides is 1. The molecule has 1 aliphatic carbocycles. The zero-order chi connectivity index (χ0) is 22.6. The van der Waals surface area contributed by atoms with E-state index in [1.54, 1.807) is 19.9 Å². The summed E-state index contributed by atoms with van der Waals surface area (Å²) in [7, 11) is 0. The van der Waals surface area contributed by atoms with Crippen molar-refractivity contribution in [1.82, 2.24) is 15.3 Å². The average molecular weight is 426 g/mol. The molecule has 1 aliphatic rings. The number of carbonyl (C=O) groups excluding carboxylic acids is 1. The molecular weight excluding hydrogens is 399 g/mol. The molecule has 0 bridgehead atoms. The first kappa shape index (κ1) is 22.4. The van der Waals surface area contributed by atoms with E-state index in [0.29, 0.717) is 30.2 Å². The number of nitriles is 1. The fourth-order valence-corrected chi connectivity index (χ4v) is 3.32. The molecule has 1 amide bonds. The lowest BCUT2D eigenvalue weighted by molar-refractivity contribution is 0.00303. The molecule has 0 radical (unpaired) electrons. The first-order valence-corrected chi connectivity index (χ1v) is 10.3. The van der Waals surface area contributed by atoms with Crippen LogP contribution in [-0.2, 0) is 0 Å². The maximum atomic E-state index is 14.1. The molecule has 3 rings (SSSR count). The summed E-state index contributed by atoms with van der Waals surface area (Å²) in [5.74, 6) is -0.727. The minimum Gasteiger partial charge on any atom is -0.390 e. The SMILES string of the molecule is CCCNc1cc(Nc2ncc(C#N)cc2F)ncc1C(=O)NCC1(C(C)(C)O)CC1. The summed E-state index contributed by atoms with van der Waals surface area (Å²) in [5, 5.41) is 28.1. The molecular formula is C22H27FN6O2. The van der Waals surface area contributed by atoms with E-state index in [1.165, 1.54) is 12.4 Å². The maximum Gasteiger partial charge on any atom is 0.254 e. The van der Waals surface area contributed by atoms with Crippen molar-refractivity contribution in [2.24, 2.45) is 5.41 Å². The first-order chi connectivity index (χ1) is 14.7. The summed E-state index contributed by atoms with van der Waals surface area (Å²) >= 11 is 0. The third-order valence-corrected chi connectivity index (χ3v) is 5.67. The Morgan fingerprint density at radius 1 is 1.32 bits per heavy atom. The van der Waals surface area contributed by atoms with Crippen LogP contribution in [0.4, 0.5) is 21.7 Å². The van der Waals surface area contributed by atoms with Gasteiger partial charge in [-0.3, -0.25) is 4.79 Å².